The molecular formula is C22H19BrClN3O3. The molecule has 2 fully saturated rings. The molecule has 1 spiro atoms. The average molecular weight is 489 g/mol. The van der Waals surface area contributed by atoms with E-state index in [1.54, 1.807) is 29.2 Å². The van der Waals surface area contributed by atoms with Crippen LogP contribution in [0.2, 0.25) is 5.02 Å². The zero-order chi connectivity index (χ0) is 21.2. The summed E-state index contributed by atoms with van der Waals surface area (Å²) in [6, 6.07) is 13.9. The van der Waals surface area contributed by atoms with Crippen LogP contribution in [-0.4, -0.2) is 35.6 Å². The summed E-state index contributed by atoms with van der Waals surface area (Å²) in [7, 11) is 0. The van der Waals surface area contributed by atoms with Gasteiger partial charge in [0.05, 0.1) is 17.5 Å². The molecule has 0 unspecified atom stereocenters. The number of hydrogen-bond donors (Lipinski definition) is 1. The Morgan fingerprint density at radius 1 is 1.10 bits per heavy atom. The number of carbonyl (C=O) groups excluding carboxylic acids is 3. The van der Waals surface area contributed by atoms with Crippen molar-refractivity contribution in [3.63, 3.8) is 0 Å². The van der Waals surface area contributed by atoms with Crippen molar-refractivity contribution >= 4 is 56.6 Å². The second kappa shape index (κ2) is 6.90. The Morgan fingerprint density at radius 2 is 1.87 bits per heavy atom. The highest BCUT2D eigenvalue weighted by atomic mass is 79.9. The number of rotatable bonds is 3. The van der Waals surface area contributed by atoms with E-state index in [0.717, 1.165) is 11.3 Å². The lowest BCUT2D eigenvalue weighted by Gasteiger charge is -2.30. The molecule has 2 saturated heterocycles. The SMILES string of the molecule is C[C@H]1N[C@]2(C(=O)N(CCBr)c3ccccc32)[C@@H]2C(=O)N(c3cccc(Cl)c3)C(=O)[C@H]21. The summed E-state index contributed by atoms with van der Waals surface area (Å²) in [6.07, 6.45) is 0. The van der Waals surface area contributed by atoms with Crippen LogP contribution in [0.1, 0.15) is 12.5 Å². The second-order valence-electron chi connectivity index (χ2n) is 7.90. The third-order valence-corrected chi connectivity index (χ3v) is 6.98. The molecule has 4 atom stereocenters. The lowest BCUT2D eigenvalue weighted by atomic mass is 9.76. The molecule has 1 N–H and O–H groups in total. The number of para-hydroxylation sites is 1. The molecule has 0 radical (unpaired) electrons. The maximum atomic E-state index is 13.8. The van der Waals surface area contributed by atoms with Crippen molar-refractivity contribution in [2.75, 3.05) is 21.7 Å². The molecule has 0 bridgehead atoms. The molecule has 2 aromatic carbocycles. The molecule has 2 aromatic rings. The Bertz CT molecular complexity index is 1090. The third-order valence-electron chi connectivity index (χ3n) is 6.39. The molecule has 0 aromatic heterocycles. The van der Waals surface area contributed by atoms with E-state index in [1.165, 1.54) is 4.90 Å². The van der Waals surface area contributed by atoms with Gasteiger partial charge in [-0.1, -0.05) is 51.8 Å². The summed E-state index contributed by atoms with van der Waals surface area (Å²) in [5.41, 5.74) is 0.724. The summed E-state index contributed by atoms with van der Waals surface area (Å²) in [5, 5.41) is 4.42. The van der Waals surface area contributed by atoms with Crippen LogP contribution in [0.15, 0.2) is 48.5 Å². The van der Waals surface area contributed by atoms with Gasteiger partial charge in [-0.3, -0.25) is 19.7 Å². The Labute approximate surface area is 187 Å². The lowest BCUT2D eigenvalue weighted by Crippen LogP contribution is -2.55. The molecule has 154 valence electrons. The molecule has 8 heteroatoms. The molecule has 6 nitrogen and oxygen atoms in total. The van der Waals surface area contributed by atoms with Crippen molar-refractivity contribution in [3.05, 3.63) is 59.1 Å². The predicted octanol–water partition coefficient (Wildman–Crippen LogP) is 3.07. The molecular weight excluding hydrogens is 470 g/mol. The zero-order valence-corrected chi connectivity index (χ0v) is 18.5. The number of imide groups is 1. The largest absolute Gasteiger partial charge is 0.309 e. The number of carbonyl (C=O) groups is 3. The number of nitrogens with one attached hydrogen (secondary N) is 1. The van der Waals surface area contributed by atoms with Crippen LogP contribution in [0.25, 0.3) is 0 Å². The summed E-state index contributed by atoms with van der Waals surface area (Å²) in [4.78, 5) is 43.7. The standard InChI is InChI=1S/C22H19BrClN3O3/c1-12-17-18(20(29)27(19(17)28)14-6-4-5-13(24)11-14)22(25-12)15-7-2-3-8-16(15)26(10-9-23)21(22)30/h2-8,11-12,17-18,25H,9-10H2,1H3/t12-,17+,18+,22+/m1/s1. The van der Waals surface area contributed by atoms with Gasteiger partial charge in [0, 0.05) is 34.2 Å². The maximum absolute atomic E-state index is 13.8. The Morgan fingerprint density at radius 3 is 2.60 bits per heavy atom. The summed E-state index contributed by atoms with van der Waals surface area (Å²) in [6.45, 7) is 2.34. The van der Waals surface area contributed by atoms with Crippen LogP contribution in [0, 0.1) is 11.8 Å². The number of halogens is 2. The predicted molar refractivity (Wildman–Crippen MR) is 118 cm³/mol. The van der Waals surface area contributed by atoms with Crippen molar-refractivity contribution in [1.29, 1.82) is 0 Å². The molecule has 0 saturated carbocycles. The normalized spacial score (nSPS) is 29.8. The third kappa shape index (κ3) is 2.43. The van der Waals surface area contributed by atoms with Gasteiger partial charge in [-0.2, -0.15) is 0 Å². The van der Waals surface area contributed by atoms with E-state index in [1.807, 2.05) is 31.2 Å². The van der Waals surface area contributed by atoms with Crippen LogP contribution < -0.4 is 15.1 Å². The van der Waals surface area contributed by atoms with Gasteiger partial charge in [0.15, 0.2) is 0 Å². The van der Waals surface area contributed by atoms with Gasteiger partial charge >= 0.3 is 0 Å². The van der Waals surface area contributed by atoms with Gasteiger partial charge in [-0.15, -0.1) is 0 Å². The second-order valence-corrected chi connectivity index (χ2v) is 9.13. The molecule has 3 aliphatic rings. The highest BCUT2D eigenvalue weighted by molar-refractivity contribution is 9.09. The fourth-order valence-electron chi connectivity index (χ4n) is 5.28. The van der Waals surface area contributed by atoms with Crippen LogP contribution >= 0.6 is 27.5 Å². The minimum Gasteiger partial charge on any atom is -0.309 e. The zero-order valence-electron chi connectivity index (χ0n) is 16.1. The van der Waals surface area contributed by atoms with Gasteiger partial charge in [0.1, 0.15) is 5.54 Å². The summed E-state index contributed by atoms with van der Waals surface area (Å²) in [5.74, 6) is -2.29. The van der Waals surface area contributed by atoms with Gasteiger partial charge in [-0.25, -0.2) is 4.90 Å². The summed E-state index contributed by atoms with van der Waals surface area (Å²) >= 11 is 9.52. The number of anilines is 2. The first kappa shape index (κ1) is 19.7. The minimum absolute atomic E-state index is 0.184. The maximum Gasteiger partial charge on any atom is 0.252 e. The smallest absolute Gasteiger partial charge is 0.252 e. The Kier molecular flexibility index (Phi) is 4.54. The molecule has 30 heavy (non-hydrogen) atoms. The molecule has 3 amide bonds. The monoisotopic (exact) mass is 487 g/mol. The lowest BCUT2D eigenvalue weighted by molar-refractivity contribution is -0.132. The van der Waals surface area contributed by atoms with Crippen LogP contribution in [0.3, 0.4) is 0 Å². The van der Waals surface area contributed by atoms with E-state index in [9.17, 15) is 14.4 Å². The fourth-order valence-corrected chi connectivity index (χ4v) is 5.82. The minimum atomic E-state index is -1.25. The Balaban J connectivity index is 1.67. The Hall–Kier alpha value is -2.22. The number of nitrogens with zero attached hydrogens (tertiary/aromatic N) is 2. The van der Waals surface area contributed by atoms with E-state index in [4.69, 9.17) is 11.6 Å². The van der Waals surface area contributed by atoms with E-state index in [2.05, 4.69) is 21.2 Å². The first-order valence-corrected chi connectivity index (χ1v) is 11.3. The van der Waals surface area contributed by atoms with Gasteiger partial charge in [0.2, 0.25) is 11.8 Å². The number of amides is 3. The first-order valence-electron chi connectivity index (χ1n) is 9.80. The molecule has 0 aliphatic carbocycles. The van der Waals surface area contributed by atoms with Gasteiger partial charge < -0.3 is 4.90 Å². The number of hydrogen-bond acceptors (Lipinski definition) is 4. The number of fused-ring (bicyclic) bond motifs is 4. The fraction of sp³-hybridized carbons (Fsp3) is 0.318. The van der Waals surface area contributed by atoms with E-state index < -0.39 is 17.4 Å². The number of alkyl halides is 1. The number of benzene rings is 2. The van der Waals surface area contributed by atoms with Crippen LogP contribution in [0.4, 0.5) is 11.4 Å². The quantitative estimate of drug-likeness (QED) is 0.533. The van der Waals surface area contributed by atoms with E-state index in [-0.39, 0.29) is 23.8 Å². The first-order chi connectivity index (χ1) is 14.4. The van der Waals surface area contributed by atoms with E-state index >= 15 is 0 Å². The van der Waals surface area contributed by atoms with Crippen molar-refractivity contribution < 1.29 is 14.4 Å². The topological polar surface area (TPSA) is 69.7 Å². The summed E-state index contributed by atoms with van der Waals surface area (Å²) < 4.78 is 0. The van der Waals surface area contributed by atoms with Crippen molar-refractivity contribution in [1.82, 2.24) is 5.32 Å². The highest BCUT2D eigenvalue weighted by Gasteiger charge is 2.70. The van der Waals surface area contributed by atoms with E-state index in [0.29, 0.717) is 22.6 Å². The van der Waals surface area contributed by atoms with Crippen molar-refractivity contribution in [2.45, 2.75) is 18.5 Å². The van der Waals surface area contributed by atoms with Crippen LogP contribution in [0.5, 0.6) is 0 Å². The molecule has 5 rings (SSSR count). The van der Waals surface area contributed by atoms with Gasteiger partial charge in [0.25, 0.3) is 5.91 Å². The van der Waals surface area contributed by atoms with Crippen molar-refractivity contribution in [2.24, 2.45) is 11.8 Å². The van der Waals surface area contributed by atoms with Crippen molar-refractivity contribution in [3.8, 4) is 0 Å². The highest BCUT2D eigenvalue weighted by Crippen LogP contribution is 2.55. The average Bonchev–Trinajstić information content (AvgIpc) is 3.27. The molecule has 3 aliphatic heterocycles. The molecule has 3 heterocycles. The van der Waals surface area contributed by atoms with Crippen LogP contribution in [-0.2, 0) is 19.9 Å². The van der Waals surface area contributed by atoms with Gasteiger partial charge in [-0.05, 0) is 31.2 Å².